The van der Waals surface area contributed by atoms with Crippen LogP contribution in [0.15, 0.2) is 54.7 Å². The molecular weight excluding hydrogens is 395 g/mol. The number of esters is 1. The van der Waals surface area contributed by atoms with Crippen molar-refractivity contribution in [2.45, 2.75) is 32.1 Å². The van der Waals surface area contributed by atoms with Crippen LogP contribution in [0.4, 0.5) is 4.39 Å². The second kappa shape index (κ2) is 9.33. The van der Waals surface area contributed by atoms with Crippen molar-refractivity contribution in [2.75, 3.05) is 19.7 Å². The number of amides is 1. The third-order valence-corrected chi connectivity index (χ3v) is 6.12. The number of fused-ring (bicyclic) bond motifs is 1. The van der Waals surface area contributed by atoms with E-state index in [0.29, 0.717) is 32.5 Å². The van der Waals surface area contributed by atoms with Gasteiger partial charge < -0.3 is 14.6 Å². The predicted molar refractivity (Wildman–Crippen MR) is 117 cm³/mol. The van der Waals surface area contributed by atoms with Gasteiger partial charge in [0, 0.05) is 42.5 Å². The maximum absolute atomic E-state index is 13.5. The summed E-state index contributed by atoms with van der Waals surface area (Å²) in [6.45, 7) is 3.28. The van der Waals surface area contributed by atoms with Crippen LogP contribution >= 0.6 is 0 Å². The average molecular weight is 423 g/mol. The fraction of sp³-hybridized carbons (Fsp3) is 0.360. The summed E-state index contributed by atoms with van der Waals surface area (Å²) in [5, 5.41) is 1.06. The lowest BCUT2D eigenvalue weighted by Gasteiger charge is -2.32. The molecule has 1 saturated heterocycles. The molecule has 5 nitrogen and oxygen atoms in total. The molecule has 1 fully saturated rings. The fourth-order valence-corrected chi connectivity index (χ4v) is 4.41. The van der Waals surface area contributed by atoms with Crippen molar-refractivity contribution in [1.82, 2.24) is 9.88 Å². The van der Waals surface area contributed by atoms with Crippen LogP contribution in [0.3, 0.4) is 0 Å². The quantitative estimate of drug-likeness (QED) is 0.589. The van der Waals surface area contributed by atoms with Crippen molar-refractivity contribution in [1.29, 1.82) is 0 Å². The molecule has 2 aromatic carbocycles. The second-order valence-corrected chi connectivity index (χ2v) is 8.00. The van der Waals surface area contributed by atoms with E-state index in [1.807, 2.05) is 35.4 Å². The zero-order chi connectivity index (χ0) is 21.8. The third-order valence-electron chi connectivity index (χ3n) is 6.12. The Morgan fingerprint density at radius 3 is 2.55 bits per heavy atom. The largest absolute Gasteiger partial charge is 0.466 e. The van der Waals surface area contributed by atoms with Crippen molar-refractivity contribution in [3.63, 3.8) is 0 Å². The van der Waals surface area contributed by atoms with Gasteiger partial charge in [0.25, 0.3) is 0 Å². The first kappa shape index (κ1) is 21.1. The number of rotatable bonds is 6. The first-order valence-electron chi connectivity index (χ1n) is 10.8. The lowest BCUT2D eigenvalue weighted by Crippen LogP contribution is -2.41. The number of hydrogen-bond donors (Lipinski definition) is 1. The Bertz CT molecular complexity index is 1050. The van der Waals surface area contributed by atoms with Gasteiger partial charge >= 0.3 is 5.97 Å². The monoisotopic (exact) mass is 422 g/mol. The smallest absolute Gasteiger partial charge is 0.309 e. The van der Waals surface area contributed by atoms with Crippen LogP contribution in [0.5, 0.6) is 0 Å². The minimum Gasteiger partial charge on any atom is -0.466 e. The number of piperidine rings is 1. The van der Waals surface area contributed by atoms with E-state index >= 15 is 0 Å². The third kappa shape index (κ3) is 4.63. The number of H-pyrrole nitrogens is 1. The molecule has 0 radical (unpaired) electrons. The molecule has 2 heterocycles. The van der Waals surface area contributed by atoms with Crippen LogP contribution in [0.2, 0.25) is 0 Å². The van der Waals surface area contributed by atoms with E-state index in [0.717, 1.165) is 22.0 Å². The summed E-state index contributed by atoms with van der Waals surface area (Å²) < 4.78 is 18.7. The van der Waals surface area contributed by atoms with Gasteiger partial charge in [-0.3, -0.25) is 9.59 Å². The summed E-state index contributed by atoms with van der Waals surface area (Å²) in [4.78, 5) is 30.3. The zero-order valence-corrected chi connectivity index (χ0v) is 17.6. The minimum absolute atomic E-state index is 0.0434. The molecule has 1 unspecified atom stereocenters. The second-order valence-electron chi connectivity index (χ2n) is 8.00. The van der Waals surface area contributed by atoms with Crippen molar-refractivity contribution < 1.29 is 18.7 Å². The van der Waals surface area contributed by atoms with Gasteiger partial charge in [0.05, 0.1) is 12.5 Å². The van der Waals surface area contributed by atoms with E-state index < -0.39 is 0 Å². The standard InChI is InChI=1S/C25H27FN2O3/c1-2-31-25(30)18-11-13-28(14-12-18)24(29)15-21(17-7-9-19(26)10-8-17)22-16-27-23-6-4-3-5-20(22)23/h3-10,16,18,21,27H,2,11-15H2,1H3. The molecule has 0 aliphatic carbocycles. The van der Waals surface area contributed by atoms with Crippen LogP contribution < -0.4 is 0 Å². The number of hydrogen-bond acceptors (Lipinski definition) is 3. The molecule has 6 heteroatoms. The Hall–Kier alpha value is -3.15. The van der Waals surface area contributed by atoms with E-state index in [2.05, 4.69) is 4.98 Å². The molecule has 1 aromatic heterocycles. The number of nitrogens with zero attached hydrogens (tertiary/aromatic N) is 1. The van der Waals surface area contributed by atoms with Crippen molar-refractivity contribution >= 4 is 22.8 Å². The highest BCUT2D eigenvalue weighted by Crippen LogP contribution is 2.34. The zero-order valence-electron chi connectivity index (χ0n) is 17.6. The number of halogens is 1. The fourth-order valence-electron chi connectivity index (χ4n) is 4.41. The van der Waals surface area contributed by atoms with Gasteiger partial charge in [-0.1, -0.05) is 30.3 Å². The van der Waals surface area contributed by atoms with Crippen molar-refractivity contribution in [3.05, 3.63) is 71.7 Å². The van der Waals surface area contributed by atoms with Gasteiger partial charge in [-0.05, 0) is 49.1 Å². The number of aromatic amines is 1. The number of nitrogens with one attached hydrogen (secondary N) is 1. The summed E-state index contributed by atoms with van der Waals surface area (Å²) in [5.74, 6) is -0.745. The number of likely N-dealkylation sites (tertiary alicyclic amines) is 1. The van der Waals surface area contributed by atoms with Gasteiger partial charge in [-0.2, -0.15) is 0 Å². The van der Waals surface area contributed by atoms with Crippen LogP contribution in [0, 0.1) is 11.7 Å². The molecule has 1 amide bonds. The maximum Gasteiger partial charge on any atom is 0.309 e. The number of ether oxygens (including phenoxy) is 1. The summed E-state index contributed by atoms with van der Waals surface area (Å²) >= 11 is 0. The van der Waals surface area contributed by atoms with E-state index in [4.69, 9.17) is 4.74 Å². The minimum atomic E-state index is -0.297. The van der Waals surface area contributed by atoms with Gasteiger partial charge in [-0.15, -0.1) is 0 Å². The van der Waals surface area contributed by atoms with Crippen LogP contribution in [0.1, 0.15) is 43.2 Å². The van der Waals surface area contributed by atoms with Crippen molar-refractivity contribution in [2.24, 2.45) is 5.92 Å². The molecule has 1 N–H and O–H groups in total. The summed E-state index contributed by atoms with van der Waals surface area (Å²) in [7, 11) is 0. The molecule has 0 saturated carbocycles. The molecule has 1 aliphatic heterocycles. The Morgan fingerprint density at radius 1 is 1.13 bits per heavy atom. The number of carbonyl (C=O) groups excluding carboxylic acids is 2. The Kier molecular flexibility index (Phi) is 6.35. The first-order valence-corrected chi connectivity index (χ1v) is 10.8. The van der Waals surface area contributed by atoms with E-state index in [1.54, 1.807) is 19.1 Å². The lowest BCUT2D eigenvalue weighted by molar-refractivity contribution is -0.151. The number of para-hydroxylation sites is 1. The first-order chi connectivity index (χ1) is 15.1. The Morgan fingerprint density at radius 2 is 1.84 bits per heavy atom. The molecule has 1 atom stereocenters. The van der Waals surface area contributed by atoms with Gasteiger partial charge in [0.15, 0.2) is 0 Å². The Balaban J connectivity index is 1.54. The number of carbonyl (C=O) groups is 2. The molecule has 1 aliphatic rings. The summed E-state index contributed by atoms with van der Waals surface area (Å²) in [6, 6.07) is 14.4. The normalized spacial score (nSPS) is 15.7. The van der Waals surface area contributed by atoms with E-state index in [9.17, 15) is 14.0 Å². The van der Waals surface area contributed by atoms with Gasteiger partial charge in [0.1, 0.15) is 5.82 Å². The molecular formula is C25H27FN2O3. The van der Waals surface area contributed by atoms with E-state index in [1.165, 1.54) is 12.1 Å². The van der Waals surface area contributed by atoms with Crippen molar-refractivity contribution in [3.8, 4) is 0 Å². The molecule has 0 spiro atoms. The van der Waals surface area contributed by atoms with Gasteiger partial charge in [0.2, 0.25) is 5.91 Å². The molecule has 31 heavy (non-hydrogen) atoms. The number of benzene rings is 2. The van der Waals surface area contributed by atoms with Gasteiger partial charge in [-0.25, -0.2) is 4.39 Å². The highest BCUT2D eigenvalue weighted by Gasteiger charge is 2.30. The Labute approximate surface area is 181 Å². The van der Waals surface area contributed by atoms with Crippen LogP contribution in [-0.2, 0) is 14.3 Å². The highest BCUT2D eigenvalue weighted by atomic mass is 19.1. The average Bonchev–Trinajstić information content (AvgIpc) is 3.22. The molecule has 0 bridgehead atoms. The lowest BCUT2D eigenvalue weighted by atomic mass is 9.87. The summed E-state index contributed by atoms with van der Waals surface area (Å²) in [5.41, 5.74) is 2.94. The van der Waals surface area contributed by atoms with Crippen LogP contribution in [-0.4, -0.2) is 41.5 Å². The molecule has 3 aromatic rings. The molecule has 162 valence electrons. The SMILES string of the molecule is CCOC(=O)C1CCN(C(=O)CC(c2ccc(F)cc2)c2c[nH]c3ccccc23)CC1. The predicted octanol–water partition coefficient (Wildman–Crippen LogP) is 4.63. The summed E-state index contributed by atoms with van der Waals surface area (Å²) in [6.07, 6.45) is 3.48. The maximum atomic E-state index is 13.5. The van der Waals surface area contributed by atoms with E-state index in [-0.39, 0.29) is 36.0 Å². The number of aromatic nitrogens is 1. The molecule has 4 rings (SSSR count). The highest BCUT2D eigenvalue weighted by molar-refractivity contribution is 5.86. The topological polar surface area (TPSA) is 62.4 Å². The van der Waals surface area contributed by atoms with Crippen LogP contribution in [0.25, 0.3) is 10.9 Å².